The van der Waals surface area contributed by atoms with Crippen LogP contribution in [0.4, 0.5) is 0 Å². The highest BCUT2D eigenvalue weighted by Crippen LogP contribution is 1.93. The summed E-state index contributed by atoms with van der Waals surface area (Å²) in [6.45, 7) is 16.7. The first-order valence-corrected chi connectivity index (χ1v) is 5.20. The van der Waals surface area contributed by atoms with Crippen molar-refractivity contribution >= 4 is 11.6 Å². The Kier molecular flexibility index (Phi) is 19.4. The Morgan fingerprint density at radius 2 is 1.67 bits per heavy atom. The number of carbonyl (C=O) groups excluding carboxylic acids is 1. The fourth-order valence-electron chi connectivity index (χ4n) is 0.572. The van der Waals surface area contributed by atoms with Gasteiger partial charge < -0.3 is 5.32 Å². The normalized spacial score (nSPS) is 8.53. The van der Waals surface area contributed by atoms with E-state index < -0.39 is 0 Å². The Hall–Kier alpha value is -1.38. The third-order valence-electron chi connectivity index (χ3n) is 1.07. The van der Waals surface area contributed by atoms with E-state index in [-0.39, 0.29) is 5.91 Å². The van der Waals surface area contributed by atoms with Gasteiger partial charge in [0, 0.05) is 13.2 Å². The lowest BCUT2D eigenvalue weighted by Crippen LogP contribution is -2.27. The molecule has 15 heavy (non-hydrogen) atoms. The van der Waals surface area contributed by atoms with E-state index in [1.54, 1.807) is 14.0 Å². The van der Waals surface area contributed by atoms with Gasteiger partial charge in [0.2, 0.25) is 0 Å². The lowest BCUT2D eigenvalue weighted by atomic mass is 10.2. The molecule has 0 aromatic carbocycles. The third kappa shape index (κ3) is 10.5. The van der Waals surface area contributed by atoms with Crippen LogP contribution in [0.25, 0.3) is 0 Å². The van der Waals surface area contributed by atoms with Crippen molar-refractivity contribution in [3.05, 3.63) is 24.9 Å². The molecule has 3 heteroatoms. The Morgan fingerprint density at radius 1 is 1.27 bits per heavy atom. The molecule has 0 spiro atoms. The van der Waals surface area contributed by atoms with Crippen LogP contribution in [0.2, 0.25) is 0 Å². The molecule has 0 bridgehead atoms. The first-order chi connectivity index (χ1) is 7.13. The van der Waals surface area contributed by atoms with Gasteiger partial charge in [-0.25, -0.2) is 0 Å². The molecule has 1 amide bonds. The van der Waals surface area contributed by atoms with Gasteiger partial charge in [-0.15, -0.1) is 0 Å². The molecule has 0 atom stereocenters. The van der Waals surface area contributed by atoms with Crippen LogP contribution < -0.4 is 5.32 Å². The lowest BCUT2D eigenvalue weighted by molar-refractivity contribution is -0.114. The van der Waals surface area contributed by atoms with E-state index in [4.69, 9.17) is 0 Å². The molecule has 0 saturated heterocycles. The molecule has 88 valence electrons. The SMILES string of the molecule is C=CN=C(C(=C)C)C(=O)NC.CC.CC. The Morgan fingerprint density at radius 3 is 1.87 bits per heavy atom. The van der Waals surface area contributed by atoms with Crippen molar-refractivity contribution in [2.75, 3.05) is 7.05 Å². The first-order valence-electron chi connectivity index (χ1n) is 5.20. The minimum absolute atomic E-state index is 0.239. The van der Waals surface area contributed by atoms with Gasteiger partial charge in [0.25, 0.3) is 5.91 Å². The largest absolute Gasteiger partial charge is 0.354 e. The Bertz CT molecular complexity index is 218. The summed E-state index contributed by atoms with van der Waals surface area (Å²) in [4.78, 5) is 14.8. The first kappa shape index (κ1) is 19.2. The number of hydrogen-bond acceptors (Lipinski definition) is 2. The molecule has 1 N–H and O–H groups in total. The molecule has 0 aliphatic heterocycles. The maximum absolute atomic E-state index is 11.0. The van der Waals surface area contributed by atoms with Gasteiger partial charge in [0.1, 0.15) is 5.71 Å². The minimum atomic E-state index is -0.239. The highest BCUT2D eigenvalue weighted by Gasteiger charge is 2.07. The van der Waals surface area contributed by atoms with Gasteiger partial charge in [-0.3, -0.25) is 9.79 Å². The zero-order valence-electron chi connectivity index (χ0n) is 10.8. The molecule has 3 nitrogen and oxygen atoms in total. The van der Waals surface area contributed by atoms with Crippen LogP contribution in [0.1, 0.15) is 34.6 Å². The molecule has 0 unspecified atom stereocenters. The zero-order chi connectivity index (χ0) is 12.9. The number of rotatable bonds is 3. The number of nitrogens with one attached hydrogen (secondary N) is 1. The molecule has 0 radical (unpaired) electrons. The summed E-state index contributed by atoms with van der Waals surface area (Å²) in [5.74, 6) is -0.239. The fourth-order valence-corrected chi connectivity index (χ4v) is 0.572. The van der Waals surface area contributed by atoms with Crippen molar-refractivity contribution in [2.45, 2.75) is 34.6 Å². The van der Waals surface area contributed by atoms with Gasteiger partial charge in [-0.1, -0.05) is 40.9 Å². The highest BCUT2D eigenvalue weighted by atomic mass is 16.1. The van der Waals surface area contributed by atoms with E-state index in [1.807, 2.05) is 27.7 Å². The van der Waals surface area contributed by atoms with Crippen molar-refractivity contribution in [3.63, 3.8) is 0 Å². The number of nitrogens with zero attached hydrogens (tertiary/aromatic N) is 1. The van der Waals surface area contributed by atoms with E-state index in [0.29, 0.717) is 11.3 Å². The fraction of sp³-hybridized carbons (Fsp3) is 0.500. The maximum Gasteiger partial charge on any atom is 0.269 e. The van der Waals surface area contributed by atoms with E-state index in [0.717, 1.165) is 0 Å². The highest BCUT2D eigenvalue weighted by molar-refractivity contribution is 6.45. The smallest absolute Gasteiger partial charge is 0.269 e. The standard InChI is InChI=1S/C8H12N2O.2C2H6/c1-5-10-7(6(2)3)8(11)9-4;2*1-2/h5H,1-2H2,3-4H3,(H,9,11);2*1-2H3. The monoisotopic (exact) mass is 212 g/mol. The van der Waals surface area contributed by atoms with Gasteiger partial charge in [-0.2, -0.15) is 0 Å². The van der Waals surface area contributed by atoms with Crippen LogP contribution in [0.3, 0.4) is 0 Å². The number of aliphatic imine (C=N–C) groups is 1. The molecule has 0 rings (SSSR count). The van der Waals surface area contributed by atoms with E-state index in [2.05, 4.69) is 23.5 Å². The summed E-state index contributed by atoms with van der Waals surface area (Å²) in [7, 11) is 1.55. The summed E-state index contributed by atoms with van der Waals surface area (Å²) in [6, 6.07) is 0. The molecule has 0 aliphatic carbocycles. The minimum Gasteiger partial charge on any atom is -0.354 e. The molecule has 0 aliphatic rings. The summed E-state index contributed by atoms with van der Waals surface area (Å²) in [5.41, 5.74) is 0.951. The van der Waals surface area contributed by atoms with Crippen LogP contribution in [0.5, 0.6) is 0 Å². The molecular weight excluding hydrogens is 188 g/mol. The number of carbonyl (C=O) groups is 1. The maximum atomic E-state index is 11.0. The van der Waals surface area contributed by atoms with Gasteiger partial charge in [0.15, 0.2) is 0 Å². The Balaban J connectivity index is -0.000000318. The van der Waals surface area contributed by atoms with Crippen LogP contribution >= 0.6 is 0 Å². The molecule has 0 fully saturated rings. The van der Waals surface area contributed by atoms with Crippen LogP contribution in [0.15, 0.2) is 29.9 Å². The second-order valence-electron chi connectivity index (χ2n) is 2.02. The molecule has 0 aromatic heterocycles. The van der Waals surface area contributed by atoms with Crippen molar-refractivity contribution in [1.29, 1.82) is 0 Å². The van der Waals surface area contributed by atoms with E-state index in [9.17, 15) is 4.79 Å². The van der Waals surface area contributed by atoms with Crippen LogP contribution in [-0.4, -0.2) is 18.7 Å². The van der Waals surface area contributed by atoms with Gasteiger partial charge >= 0.3 is 0 Å². The van der Waals surface area contributed by atoms with Crippen molar-refractivity contribution in [1.82, 2.24) is 5.32 Å². The molecule has 0 aromatic rings. The van der Waals surface area contributed by atoms with Crippen molar-refractivity contribution in [2.24, 2.45) is 4.99 Å². The second-order valence-corrected chi connectivity index (χ2v) is 2.02. The molecule has 0 heterocycles. The Labute approximate surface area is 94.0 Å². The molecule has 0 saturated carbocycles. The lowest BCUT2D eigenvalue weighted by Gasteiger charge is -2.01. The van der Waals surface area contributed by atoms with E-state index in [1.165, 1.54) is 6.20 Å². The topological polar surface area (TPSA) is 41.5 Å². The van der Waals surface area contributed by atoms with Crippen molar-refractivity contribution in [3.8, 4) is 0 Å². The summed E-state index contributed by atoms with van der Waals surface area (Å²) in [5, 5.41) is 2.45. The average molecular weight is 212 g/mol. The van der Waals surface area contributed by atoms with E-state index >= 15 is 0 Å². The number of amides is 1. The summed E-state index contributed by atoms with van der Waals surface area (Å²) >= 11 is 0. The van der Waals surface area contributed by atoms with Crippen LogP contribution in [0, 0.1) is 0 Å². The predicted octanol–water partition coefficient (Wildman–Crippen LogP) is 2.95. The third-order valence-corrected chi connectivity index (χ3v) is 1.07. The second kappa shape index (κ2) is 15.1. The quantitative estimate of drug-likeness (QED) is 0.718. The zero-order valence-corrected chi connectivity index (χ0v) is 10.8. The molecular formula is C12H24N2O. The van der Waals surface area contributed by atoms with Crippen LogP contribution in [-0.2, 0) is 4.79 Å². The van der Waals surface area contributed by atoms with Gasteiger partial charge in [0.05, 0.1) is 0 Å². The summed E-state index contributed by atoms with van der Waals surface area (Å²) < 4.78 is 0. The summed E-state index contributed by atoms with van der Waals surface area (Å²) in [6.07, 6.45) is 1.32. The predicted molar refractivity (Wildman–Crippen MR) is 69.2 cm³/mol. The number of hydrogen-bond donors (Lipinski definition) is 1. The van der Waals surface area contributed by atoms with Gasteiger partial charge in [-0.05, 0) is 12.5 Å². The average Bonchev–Trinajstić information content (AvgIpc) is 2.30. The van der Waals surface area contributed by atoms with Crippen molar-refractivity contribution < 1.29 is 4.79 Å².